The molecule has 1 saturated carbocycles. The molecule has 0 aromatic heterocycles. The van der Waals surface area contributed by atoms with Gasteiger partial charge in [-0.05, 0) is 55.6 Å². The molecule has 0 bridgehead atoms. The van der Waals surface area contributed by atoms with Gasteiger partial charge in [-0.15, -0.1) is 0 Å². The van der Waals surface area contributed by atoms with Crippen molar-refractivity contribution in [2.75, 3.05) is 18.6 Å². The fourth-order valence-electron chi connectivity index (χ4n) is 3.42. The second kappa shape index (κ2) is 9.28. The van der Waals surface area contributed by atoms with Crippen LogP contribution in [0.3, 0.4) is 0 Å². The van der Waals surface area contributed by atoms with Gasteiger partial charge in [0.05, 0.1) is 0 Å². The Morgan fingerprint density at radius 2 is 1.68 bits per heavy atom. The fraction of sp³-hybridized carbons (Fsp3) is 1.00. The van der Waals surface area contributed by atoms with Gasteiger partial charge >= 0.3 is 0 Å². The first-order valence-corrected chi connectivity index (χ1v) is 9.67. The van der Waals surface area contributed by atoms with Crippen molar-refractivity contribution in [3.05, 3.63) is 0 Å². The quantitative estimate of drug-likeness (QED) is 0.622. The second-order valence-corrected chi connectivity index (χ2v) is 8.21. The van der Waals surface area contributed by atoms with E-state index in [4.69, 9.17) is 0 Å². The van der Waals surface area contributed by atoms with Crippen molar-refractivity contribution >= 4 is 11.8 Å². The molecule has 1 fully saturated rings. The van der Waals surface area contributed by atoms with Gasteiger partial charge in [-0.1, -0.05) is 46.5 Å². The Labute approximate surface area is 125 Å². The summed E-state index contributed by atoms with van der Waals surface area (Å²) in [6.07, 6.45) is 13.5. The SMILES string of the molecule is CSCCCCCCNC1CCCCC1C(C)(C)C. The fourth-order valence-corrected chi connectivity index (χ4v) is 3.92. The third kappa shape index (κ3) is 7.04. The van der Waals surface area contributed by atoms with Crippen LogP contribution in [-0.2, 0) is 0 Å². The van der Waals surface area contributed by atoms with Crippen LogP contribution < -0.4 is 5.32 Å². The molecule has 0 aromatic rings. The Hall–Kier alpha value is 0.310. The van der Waals surface area contributed by atoms with E-state index in [0.717, 1.165) is 12.0 Å². The minimum absolute atomic E-state index is 0.469. The zero-order valence-corrected chi connectivity index (χ0v) is 14.5. The molecule has 0 saturated heterocycles. The van der Waals surface area contributed by atoms with E-state index in [1.54, 1.807) is 0 Å². The molecule has 1 aliphatic carbocycles. The van der Waals surface area contributed by atoms with Gasteiger partial charge in [-0.25, -0.2) is 0 Å². The molecule has 1 N–H and O–H groups in total. The van der Waals surface area contributed by atoms with Gasteiger partial charge in [0.1, 0.15) is 0 Å². The highest BCUT2D eigenvalue weighted by Crippen LogP contribution is 2.37. The van der Waals surface area contributed by atoms with Crippen molar-refractivity contribution in [1.82, 2.24) is 5.32 Å². The lowest BCUT2D eigenvalue weighted by Gasteiger charge is -2.41. The molecule has 0 aliphatic heterocycles. The highest BCUT2D eigenvalue weighted by Gasteiger charge is 2.33. The summed E-state index contributed by atoms with van der Waals surface area (Å²) < 4.78 is 0. The third-order valence-electron chi connectivity index (χ3n) is 4.56. The average Bonchev–Trinajstić information content (AvgIpc) is 2.37. The molecule has 1 rings (SSSR count). The topological polar surface area (TPSA) is 12.0 Å². The number of hydrogen-bond donors (Lipinski definition) is 1. The molecule has 0 spiro atoms. The molecule has 19 heavy (non-hydrogen) atoms. The first-order chi connectivity index (χ1) is 9.05. The molecule has 0 radical (unpaired) electrons. The van der Waals surface area contributed by atoms with Crippen molar-refractivity contribution < 1.29 is 0 Å². The Morgan fingerprint density at radius 3 is 2.37 bits per heavy atom. The monoisotopic (exact) mass is 285 g/mol. The molecule has 2 atom stereocenters. The van der Waals surface area contributed by atoms with E-state index in [1.807, 2.05) is 11.8 Å². The third-order valence-corrected chi connectivity index (χ3v) is 5.26. The zero-order chi connectivity index (χ0) is 14.1. The van der Waals surface area contributed by atoms with Crippen molar-refractivity contribution in [3.8, 4) is 0 Å². The molecule has 0 amide bonds. The van der Waals surface area contributed by atoms with Gasteiger partial charge in [0.25, 0.3) is 0 Å². The summed E-state index contributed by atoms with van der Waals surface area (Å²) in [5, 5.41) is 3.86. The summed E-state index contributed by atoms with van der Waals surface area (Å²) >= 11 is 1.98. The van der Waals surface area contributed by atoms with Gasteiger partial charge in [0, 0.05) is 6.04 Å². The highest BCUT2D eigenvalue weighted by atomic mass is 32.2. The first kappa shape index (κ1) is 17.4. The molecule has 2 unspecified atom stereocenters. The normalized spacial score (nSPS) is 24.6. The predicted octanol–water partition coefficient (Wildman–Crippen LogP) is 5.10. The Morgan fingerprint density at radius 1 is 1.00 bits per heavy atom. The van der Waals surface area contributed by atoms with E-state index in [9.17, 15) is 0 Å². The van der Waals surface area contributed by atoms with E-state index in [1.165, 1.54) is 63.7 Å². The zero-order valence-electron chi connectivity index (χ0n) is 13.6. The average molecular weight is 286 g/mol. The summed E-state index contributed by atoms with van der Waals surface area (Å²) in [4.78, 5) is 0. The smallest absolute Gasteiger partial charge is 0.0100 e. The lowest BCUT2D eigenvalue weighted by atomic mass is 9.69. The molecule has 0 aromatic carbocycles. The number of nitrogens with one attached hydrogen (secondary N) is 1. The van der Waals surface area contributed by atoms with Crippen molar-refractivity contribution in [3.63, 3.8) is 0 Å². The second-order valence-electron chi connectivity index (χ2n) is 7.22. The standard InChI is InChI=1S/C17H35NS/c1-17(2,3)15-11-7-8-12-16(15)18-13-9-5-6-10-14-19-4/h15-16,18H,5-14H2,1-4H3. The minimum atomic E-state index is 0.469. The van der Waals surface area contributed by atoms with Crippen molar-refractivity contribution in [2.45, 2.75) is 78.2 Å². The highest BCUT2D eigenvalue weighted by molar-refractivity contribution is 7.98. The summed E-state index contributed by atoms with van der Waals surface area (Å²) in [5.74, 6) is 2.21. The molecule has 114 valence electrons. The summed E-state index contributed by atoms with van der Waals surface area (Å²) in [6, 6.07) is 0.778. The van der Waals surface area contributed by atoms with Crippen molar-refractivity contribution in [1.29, 1.82) is 0 Å². The van der Waals surface area contributed by atoms with Crippen LogP contribution in [-0.4, -0.2) is 24.6 Å². The van der Waals surface area contributed by atoms with Crippen LogP contribution >= 0.6 is 11.8 Å². The van der Waals surface area contributed by atoms with Gasteiger partial charge in [-0.3, -0.25) is 0 Å². The van der Waals surface area contributed by atoms with E-state index >= 15 is 0 Å². The lowest BCUT2D eigenvalue weighted by molar-refractivity contribution is 0.131. The number of hydrogen-bond acceptors (Lipinski definition) is 2. The van der Waals surface area contributed by atoms with Gasteiger partial charge < -0.3 is 5.32 Å². The van der Waals surface area contributed by atoms with Crippen molar-refractivity contribution in [2.24, 2.45) is 11.3 Å². The van der Waals surface area contributed by atoms with E-state index in [-0.39, 0.29) is 0 Å². The first-order valence-electron chi connectivity index (χ1n) is 8.28. The molecule has 1 aliphatic rings. The predicted molar refractivity (Wildman–Crippen MR) is 90.1 cm³/mol. The van der Waals surface area contributed by atoms with Crippen LogP contribution in [0.15, 0.2) is 0 Å². The molecular weight excluding hydrogens is 250 g/mol. The number of unbranched alkanes of at least 4 members (excludes halogenated alkanes) is 3. The van der Waals surface area contributed by atoms with E-state index in [0.29, 0.717) is 5.41 Å². The number of rotatable bonds is 8. The molecule has 2 heteroatoms. The van der Waals surface area contributed by atoms with Gasteiger partial charge in [-0.2, -0.15) is 11.8 Å². The maximum Gasteiger partial charge on any atom is 0.0100 e. The maximum atomic E-state index is 3.86. The van der Waals surface area contributed by atoms with Crippen LogP contribution in [0.5, 0.6) is 0 Å². The van der Waals surface area contributed by atoms with Crippen LogP contribution in [0.4, 0.5) is 0 Å². The Bertz CT molecular complexity index is 222. The lowest BCUT2D eigenvalue weighted by Crippen LogP contribution is -2.44. The Kier molecular flexibility index (Phi) is 8.48. The minimum Gasteiger partial charge on any atom is -0.314 e. The number of thioether (sulfide) groups is 1. The molecule has 0 heterocycles. The molecular formula is C17H35NS. The maximum absolute atomic E-state index is 3.86. The van der Waals surface area contributed by atoms with Gasteiger partial charge in [0.2, 0.25) is 0 Å². The summed E-state index contributed by atoms with van der Waals surface area (Å²) in [5.41, 5.74) is 0.469. The van der Waals surface area contributed by atoms with E-state index < -0.39 is 0 Å². The Balaban J connectivity index is 2.15. The van der Waals surface area contributed by atoms with Crippen LogP contribution in [0.1, 0.15) is 72.1 Å². The molecule has 1 nitrogen and oxygen atoms in total. The summed E-state index contributed by atoms with van der Waals surface area (Å²) in [7, 11) is 0. The van der Waals surface area contributed by atoms with Crippen LogP contribution in [0.25, 0.3) is 0 Å². The van der Waals surface area contributed by atoms with Crippen LogP contribution in [0.2, 0.25) is 0 Å². The largest absolute Gasteiger partial charge is 0.314 e. The summed E-state index contributed by atoms with van der Waals surface area (Å²) in [6.45, 7) is 8.48. The van der Waals surface area contributed by atoms with Gasteiger partial charge in [0.15, 0.2) is 0 Å². The van der Waals surface area contributed by atoms with Crippen LogP contribution in [0, 0.1) is 11.3 Å². The van der Waals surface area contributed by atoms with E-state index in [2.05, 4.69) is 32.3 Å².